The second-order valence-corrected chi connectivity index (χ2v) is 9.14. The molecule has 0 bridgehead atoms. The van der Waals surface area contributed by atoms with E-state index in [4.69, 9.17) is 9.97 Å². The third-order valence-corrected chi connectivity index (χ3v) is 6.84. The summed E-state index contributed by atoms with van der Waals surface area (Å²) in [6, 6.07) is 6.77. The molecular formula is C26H23FN8. The lowest BCUT2D eigenvalue weighted by Crippen LogP contribution is -2.44. The molecule has 6 heterocycles. The molecular weight excluding hydrogens is 443 g/mol. The molecule has 1 saturated heterocycles. The lowest BCUT2D eigenvalue weighted by molar-refractivity contribution is 0.586. The summed E-state index contributed by atoms with van der Waals surface area (Å²) in [5.41, 5.74) is 4.40. The smallest absolute Gasteiger partial charge is 0.163 e. The van der Waals surface area contributed by atoms with Gasteiger partial charge in [0, 0.05) is 61.1 Å². The average Bonchev–Trinajstić information content (AvgIpc) is 3.66. The minimum Gasteiger partial charge on any atom is -0.353 e. The maximum atomic E-state index is 14.4. The van der Waals surface area contributed by atoms with Crippen molar-refractivity contribution in [1.29, 1.82) is 0 Å². The van der Waals surface area contributed by atoms with E-state index in [9.17, 15) is 4.39 Å². The van der Waals surface area contributed by atoms with Gasteiger partial charge in [0.05, 0.1) is 17.4 Å². The molecule has 0 spiro atoms. The number of nitrogens with zero attached hydrogens (tertiary/aromatic N) is 6. The van der Waals surface area contributed by atoms with Crippen LogP contribution in [0.4, 0.5) is 10.2 Å². The molecule has 1 aliphatic carbocycles. The maximum Gasteiger partial charge on any atom is 0.163 e. The maximum absolute atomic E-state index is 14.4. The predicted octanol–water partition coefficient (Wildman–Crippen LogP) is 4.06. The van der Waals surface area contributed by atoms with Gasteiger partial charge >= 0.3 is 0 Å². The van der Waals surface area contributed by atoms with Crippen molar-refractivity contribution in [3.63, 3.8) is 0 Å². The Morgan fingerprint density at radius 1 is 1.00 bits per heavy atom. The molecule has 5 aromatic rings. The number of halogens is 1. The van der Waals surface area contributed by atoms with Crippen LogP contribution in [0.2, 0.25) is 0 Å². The zero-order valence-electron chi connectivity index (χ0n) is 19.0. The van der Waals surface area contributed by atoms with Crippen LogP contribution in [0.25, 0.3) is 44.7 Å². The van der Waals surface area contributed by atoms with Crippen LogP contribution in [-0.2, 0) is 0 Å². The van der Waals surface area contributed by atoms with Gasteiger partial charge < -0.3 is 15.2 Å². The molecule has 174 valence electrons. The third kappa shape index (κ3) is 3.50. The van der Waals surface area contributed by atoms with Crippen molar-refractivity contribution in [2.75, 3.05) is 31.1 Å². The Bertz CT molecular complexity index is 1570. The average molecular weight is 467 g/mol. The first-order valence-corrected chi connectivity index (χ1v) is 12.0. The van der Waals surface area contributed by atoms with E-state index in [-0.39, 0.29) is 11.5 Å². The first kappa shape index (κ1) is 20.4. The fourth-order valence-electron chi connectivity index (χ4n) is 4.95. The molecule has 2 aliphatic rings. The van der Waals surface area contributed by atoms with Crippen LogP contribution in [-0.4, -0.2) is 56.1 Å². The van der Waals surface area contributed by atoms with Crippen molar-refractivity contribution in [1.82, 2.24) is 35.2 Å². The second kappa shape index (κ2) is 8.06. The lowest BCUT2D eigenvalue weighted by Gasteiger charge is -2.30. The SMILES string of the molecule is Fc1cccnc1-c1cc2c(-c3nc(N4CCNCC4)c4c(C5CC5)cncc4n3)ccnc2[nH]1. The van der Waals surface area contributed by atoms with E-state index in [0.717, 1.165) is 53.8 Å². The third-order valence-electron chi connectivity index (χ3n) is 6.84. The molecule has 5 aromatic heterocycles. The molecule has 9 heteroatoms. The molecule has 2 fully saturated rings. The summed E-state index contributed by atoms with van der Waals surface area (Å²) < 4.78 is 14.4. The molecule has 0 aromatic carbocycles. The fourth-order valence-corrected chi connectivity index (χ4v) is 4.95. The zero-order valence-corrected chi connectivity index (χ0v) is 19.0. The lowest BCUT2D eigenvalue weighted by atomic mass is 10.1. The Balaban J connectivity index is 1.44. The highest BCUT2D eigenvalue weighted by molar-refractivity contribution is 5.98. The largest absolute Gasteiger partial charge is 0.353 e. The minimum absolute atomic E-state index is 0.260. The van der Waals surface area contributed by atoms with Gasteiger partial charge in [-0.1, -0.05) is 0 Å². The highest BCUT2D eigenvalue weighted by Gasteiger charge is 2.29. The second-order valence-electron chi connectivity index (χ2n) is 9.14. The molecule has 2 N–H and O–H groups in total. The predicted molar refractivity (Wildman–Crippen MR) is 133 cm³/mol. The number of nitrogens with one attached hydrogen (secondary N) is 2. The Kier molecular flexibility index (Phi) is 4.70. The Labute approximate surface area is 200 Å². The van der Waals surface area contributed by atoms with E-state index >= 15 is 0 Å². The first-order valence-electron chi connectivity index (χ1n) is 12.0. The number of hydrogen-bond donors (Lipinski definition) is 2. The van der Waals surface area contributed by atoms with Gasteiger partial charge in [-0.05, 0) is 48.6 Å². The summed E-state index contributed by atoms with van der Waals surface area (Å²) in [6.45, 7) is 3.61. The van der Waals surface area contributed by atoms with E-state index in [0.29, 0.717) is 23.1 Å². The van der Waals surface area contributed by atoms with Gasteiger partial charge in [0.15, 0.2) is 11.6 Å². The molecule has 7 rings (SSSR count). The van der Waals surface area contributed by atoms with Gasteiger partial charge in [0.25, 0.3) is 0 Å². The van der Waals surface area contributed by atoms with Gasteiger partial charge in [-0.2, -0.15) is 0 Å². The number of fused-ring (bicyclic) bond motifs is 2. The summed E-state index contributed by atoms with van der Waals surface area (Å²) in [6.07, 6.45) is 9.50. The molecule has 1 aliphatic heterocycles. The van der Waals surface area contributed by atoms with Gasteiger partial charge in [0.1, 0.15) is 17.2 Å². The van der Waals surface area contributed by atoms with Crippen molar-refractivity contribution in [2.45, 2.75) is 18.8 Å². The van der Waals surface area contributed by atoms with Gasteiger partial charge in [-0.25, -0.2) is 19.3 Å². The number of H-pyrrole nitrogens is 1. The topological polar surface area (TPSA) is 95.5 Å². The number of anilines is 1. The monoisotopic (exact) mass is 466 g/mol. The van der Waals surface area contributed by atoms with Gasteiger partial charge in [-0.15, -0.1) is 0 Å². The van der Waals surface area contributed by atoms with Crippen molar-refractivity contribution >= 4 is 27.8 Å². The zero-order chi connectivity index (χ0) is 23.4. The highest BCUT2D eigenvalue weighted by Crippen LogP contribution is 2.45. The molecule has 35 heavy (non-hydrogen) atoms. The van der Waals surface area contributed by atoms with Crippen molar-refractivity contribution in [3.05, 3.63) is 60.4 Å². The molecule has 0 amide bonds. The molecule has 0 unspecified atom stereocenters. The standard InChI is InChI=1S/C26H23FN8/c27-19-2-1-6-30-23(19)20-12-17-16(5-7-31-24(17)32-20)25-33-21-14-29-13-18(15-3-4-15)22(21)26(34-25)35-10-8-28-9-11-35/h1-2,5-7,12-15,28H,3-4,8-11H2,(H,31,32). The van der Waals surface area contributed by atoms with Crippen LogP contribution >= 0.6 is 0 Å². The molecule has 0 atom stereocenters. The number of aromatic amines is 1. The highest BCUT2D eigenvalue weighted by atomic mass is 19.1. The van der Waals surface area contributed by atoms with E-state index in [1.165, 1.54) is 24.5 Å². The van der Waals surface area contributed by atoms with Crippen molar-refractivity contribution in [3.8, 4) is 22.8 Å². The fraction of sp³-hybridized carbons (Fsp3) is 0.269. The van der Waals surface area contributed by atoms with Gasteiger partial charge in [-0.3, -0.25) is 9.97 Å². The van der Waals surface area contributed by atoms with E-state index in [2.05, 4.69) is 30.2 Å². The van der Waals surface area contributed by atoms with E-state index < -0.39 is 0 Å². The molecule has 0 radical (unpaired) electrons. The molecule has 8 nitrogen and oxygen atoms in total. The van der Waals surface area contributed by atoms with Crippen LogP contribution < -0.4 is 10.2 Å². The Morgan fingerprint density at radius 3 is 2.71 bits per heavy atom. The summed E-state index contributed by atoms with van der Waals surface area (Å²) in [4.78, 5) is 28.9. The summed E-state index contributed by atoms with van der Waals surface area (Å²) >= 11 is 0. The van der Waals surface area contributed by atoms with Gasteiger partial charge in [0.2, 0.25) is 0 Å². The van der Waals surface area contributed by atoms with Crippen LogP contribution in [0.1, 0.15) is 24.3 Å². The van der Waals surface area contributed by atoms with Crippen molar-refractivity contribution < 1.29 is 4.39 Å². The number of hydrogen-bond acceptors (Lipinski definition) is 7. The number of rotatable bonds is 4. The number of aromatic nitrogens is 6. The van der Waals surface area contributed by atoms with Crippen molar-refractivity contribution in [2.24, 2.45) is 0 Å². The summed E-state index contributed by atoms with van der Waals surface area (Å²) in [7, 11) is 0. The summed E-state index contributed by atoms with van der Waals surface area (Å²) in [5, 5.41) is 5.37. The first-order chi connectivity index (χ1) is 17.3. The number of piperazine rings is 1. The molecule has 1 saturated carbocycles. The van der Waals surface area contributed by atoms with E-state index in [1.54, 1.807) is 18.5 Å². The van der Waals surface area contributed by atoms with Crippen LogP contribution in [0.3, 0.4) is 0 Å². The normalized spacial score (nSPS) is 16.3. The minimum atomic E-state index is -0.387. The van der Waals surface area contributed by atoms with Crippen LogP contribution in [0.5, 0.6) is 0 Å². The Morgan fingerprint density at radius 2 is 1.89 bits per heavy atom. The Hall–Kier alpha value is -3.98. The van der Waals surface area contributed by atoms with E-state index in [1.807, 2.05) is 24.5 Å². The quantitative estimate of drug-likeness (QED) is 0.412. The van der Waals surface area contributed by atoms with Crippen LogP contribution in [0, 0.1) is 5.82 Å². The summed E-state index contributed by atoms with van der Waals surface area (Å²) in [5.74, 6) is 1.73. The number of pyridine rings is 3. The van der Waals surface area contributed by atoms with Crippen LogP contribution in [0.15, 0.2) is 49.1 Å².